The molecule has 0 unspecified atom stereocenters. The van der Waals surface area contributed by atoms with E-state index in [1.54, 1.807) is 0 Å². The number of fused-ring (bicyclic) bond motifs is 21. The van der Waals surface area contributed by atoms with E-state index in [-0.39, 0.29) is 0 Å². The predicted octanol–water partition coefficient (Wildman–Crippen LogP) is 24.6. The van der Waals surface area contributed by atoms with Crippen molar-refractivity contribution in [3.8, 4) is 33.6 Å². The van der Waals surface area contributed by atoms with Gasteiger partial charge in [0.05, 0.1) is 41.8 Å². The van der Waals surface area contributed by atoms with Crippen LogP contribution in [-0.2, 0) is 21.1 Å². The molecule has 0 atom stereocenters. The lowest BCUT2D eigenvalue weighted by atomic mass is 9.92. The molecule has 0 aliphatic carbocycles. The Morgan fingerprint density at radius 1 is 0.194 bits per heavy atom. The van der Waals surface area contributed by atoms with Crippen LogP contribution in [0, 0.1) is 19.7 Å². The lowest BCUT2D eigenvalue weighted by Gasteiger charge is -2.12. The molecule has 458 valence electrons. The average molecular weight is 1250 g/mol. The van der Waals surface area contributed by atoms with Gasteiger partial charge in [-0.3, -0.25) is 0 Å². The van der Waals surface area contributed by atoms with Crippen molar-refractivity contribution in [3.63, 3.8) is 0 Å². The zero-order chi connectivity index (χ0) is 65.9. The van der Waals surface area contributed by atoms with Gasteiger partial charge in [0.1, 0.15) is 0 Å². The van der Waals surface area contributed by atoms with Crippen molar-refractivity contribution in [3.05, 3.63) is 332 Å². The average Bonchev–Trinajstić information content (AvgIpc) is 0.877. The first-order valence-electron chi connectivity index (χ1n) is 32.8. The molecule has 8 heteroatoms. The van der Waals surface area contributed by atoms with Crippen LogP contribution < -0.4 is 0 Å². The molecular formula is C90H58N8. The third-order valence-corrected chi connectivity index (χ3v) is 20.3. The summed E-state index contributed by atoms with van der Waals surface area (Å²) in [5, 5.41) is 19.7. The van der Waals surface area contributed by atoms with Gasteiger partial charge in [-0.25, -0.2) is 14.5 Å². The Bertz CT molecular complexity index is 6800. The first-order valence-corrected chi connectivity index (χ1v) is 32.8. The second-order valence-electron chi connectivity index (χ2n) is 25.4. The molecule has 98 heavy (non-hydrogen) atoms. The number of hydrogen-bond acceptors (Lipinski definition) is 0. The molecule has 0 radical (unpaired) electrons. The summed E-state index contributed by atoms with van der Waals surface area (Å²) < 4.78 is 11.3. The fraction of sp³-hybridized carbons (Fsp3) is 0.0333. The summed E-state index contributed by atoms with van der Waals surface area (Å²) in [6.45, 7) is 22.2. The van der Waals surface area contributed by atoms with Crippen LogP contribution in [0.3, 0.4) is 0 Å². The molecule has 8 nitrogen and oxygen atoms in total. The van der Waals surface area contributed by atoms with Crippen molar-refractivity contribution in [2.45, 2.75) is 0 Å². The first-order chi connectivity index (χ1) is 48.2. The number of para-hydroxylation sites is 4. The lowest BCUT2D eigenvalue weighted by Crippen LogP contribution is -1.94. The van der Waals surface area contributed by atoms with Gasteiger partial charge in [0.2, 0.25) is 0 Å². The Labute approximate surface area is 564 Å². The van der Waals surface area contributed by atoms with Gasteiger partial charge in [-0.15, -0.1) is 0 Å². The van der Waals surface area contributed by atoms with Crippen LogP contribution >= 0.6 is 0 Å². The van der Waals surface area contributed by atoms with Crippen LogP contribution in [0.5, 0.6) is 0 Å². The number of aromatic nitrogens is 5. The minimum atomic E-state index is 0.672. The zero-order valence-corrected chi connectivity index (χ0v) is 53.9. The van der Waals surface area contributed by atoms with Crippen LogP contribution in [0.25, 0.3) is 190 Å². The molecule has 0 aliphatic heterocycles. The van der Waals surface area contributed by atoms with E-state index in [4.69, 9.17) is 19.7 Å². The topological polar surface area (TPSA) is 37.7 Å². The first kappa shape index (κ1) is 57.2. The van der Waals surface area contributed by atoms with Gasteiger partial charge in [-0.2, -0.15) is 0 Å². The fourth-order valence-corrected chi connectivity index (χ4v) is 15.6. The van der Waals surface area contributed by atoms with Crippen LogP contribution in [-0.4, -0.2) is 22.8 Å². The zero-order valence-electron chi connectivity index (χ0n) is 53.9. The highest BCUT2D eigenvalue weighted by Crippen LogP contribution is 2.43. The number of nitrogens with zero attached hydrogens (tertiary/aromatic N) is 8. The molecule has 0 bridgehead atoms. The summed E-state index contributed by atoms with van der Waals surface area (Å²) in [5.74, 6) is 0. The van der Waals surface area contributed by atoms with Crippen LogP contribution in [0.15, 0.2) is 297 Å². The maximum absolute atomic E-state index is 7.43. The summed E-state index contributed by atoms with van der Waals surface area (Å²) in [6, 6.07) is 105. The van der Waals surface area contributed by atoms with Crippen LogP contribution in [0.1, 0.15) is 0 Å². The highest BCUT2D eigenvalue weighted by atomic mass is 15.0. The van der Waals surface area contributed by atoms with E-state index in [9.17, 15) is 0 Å². The number of aryl methyl sites for hydroxylation is 3. The maximum atomic E-state index is 7.43. The standard InChI is InChI=1S/C32H21N3.C32H20N2.C26H17N3/c1-33-23-14-17-30-28(20-23)27-19-21(12-15-29(27)34(30)2)22-13-16-32-26(18-22)25-10-6-7-11-31(25)35(32)24-8-4-3-5-9-24;1-33-22-13-16-32-30(19-22)29-18-21(12-15-31(29)34(32)2)20-11-14-27-25-9-4-3-7-23(25)24-8-5-6-10-26(24)28(27)17-20;1-27-17-11-13-23-21(15-17)22-16-18(12-14-24(22)28(23)2)29-25-9-5-3-7-19(25)20-8-4-6-10-26(20)29/h3-20H,2H3;3-19H,2H3;3-16H,2H3. The van der Waals surface area contributed by atoms with Crippen LogP contribution in [0.2, 0.25) is 0 Å². The van der Waals surface area contributed by atoms with E-state index in [0.717, 1.165) is 38.4 Å². The maximum Gasteiger partial charge on any atom is 0.188 e. The Morgan fingerprint density at radius 3 is 0.878 bits per heavy atom. The normalized spacial score (nSPS) is 11.6. The van der Waals surface area contributed by atoms with Gasteiger partial charge in [-0.05, 0) is 198 Å². The van der Waals surface area contributed by atoms with Crippen LogP contribution in [0.4, 0.5) is 17.1 Å². The number of benzene rings is 15. The minimum Gasteiger partial charge on any atom is -0.344 e. The monoisotopic (exact) mass is 1250 g/mol. The smallest absolute Gasteiger partial charge is 0.188 e. The Balaban J connectivity index is 0.000000107. The number of rotatable bonds is 4. The predicted molar refractivity (Wildman–Crippen MR) is 412 cm³/mol. The van der Waals surface area contributed by atoms with Gasteiger partial charge >= 0.3 is 0 Å². The molecule has 5 aromatic heterocycles. The quantitative estimate of drug-likeness (QED) is 0.124. The molecule has 0 saturated carbocycles. The molecule has 20 rings (SSSR count). The summed E-state index contributed by atoms with van der Waals surface area (Å²) in [5.41, 5.74) is 20.9. The van der Waals surface area contributed by atoms with Crippen molar-refractivity contribution in [1.82, 2.24) is 22.8 Å². The molecule has 15 aromatic carbocycles. The van der Waals surface area contributed by atoms with E-state index in [1.165, 1.54) is 137 Å². The van der Waals surface area contributed by atoms with Crippen molar-refractivity contribution in [2.24, 2.45) is 21.1 Å². The molecule has 20 aromatic rings. The highest BCUT2D eigenvalue weighted by Gasteiger charge is 2.19. The van der Waals surface area contributed by atoms with Gasteiger partial charge in [0, 0.05) is 103 Å². The molecule has 0 N–H and O–H groups in total. The SMILES string of the molecule is [C-]#[N+]c1ccc2c(c1)c1cc(-c3ccc4c(c3)c3ccccc3n4-c3ccccc3)ccc1n2C.[C-]#[N+]c1ccc2c(c1)c1cc(-c3ccc4c5ccccc5c5ccccc5c4c3)ccc1n2C.[C-]#[N+]c1ccc2c(c1)c1cc(-n3c4ccccc4c4ccccc43)ccc1n2C. The van der Waals surface area contributed by atoms with Gasteiger partial charge in [0.15, 0.2) is 17.1 Å². The van der Waals surface area contributed by atoms with E-state index in [0.29, 0.717) is 17.1 Å². The molecule has 0 saturated heterocycles. The Hall–Kier alpha value is -13.5. The Morgan fingerprint density at radius 2 is 0.459 bits per heavy atom. The molecule has 0 spiro atoms. The van der Waals surface area contributed by atoms with Crippen molar-refractivity contribution in [2.75, 3.05) is 0 Å². The highest BCUT2D eigenvalue weighted by molar-refractivity contribution is 6.26. The minimum absolute atomic E-state index is 0.672. The van der Waals surface area contributed by atoms with E-state index in [1.807, 2.05) is 48.5 Å². The molecule has 0 aliphatic rings. The second-order valence-corrected chi connectivity index (χ2v) is 25.4. The van der Waals surface area contributed by atoms with Crippen molar-refractivity contribution >= 4 is 158 Å². The largest absolute Gasteiger partial charge is 0.344 e. The third-order valence-electron chi connectivity index (χ3n) is 20.3. The summed E-state index contributed by atoms with van der Waals surface area (Å²) in [4.78, 5) is 10.9. The molecule has 0 fully saturated rings. The van der Waals surface area contributed by atoms with Crippen molar-refractivity contribution < 1.29 is 0 Å². The van der Waals surface area contributed by atoms with Gasteiger partial charge < -0.3 is 22.8 Å². The lowest BCUT2D eigenvalue weighted by molar-refractivity contribution is 1.01. The van der Waals surface area contributed by atoms with Gasteiger partial charge in [0.25, 0.3) is 0 Å². The summed E-state index contributed by atoms with van der Waals surface area (Å²) >= 11 is 0. The van der Waals surface area contributed by atoms with Gasteiger partial charge in [-0.1, -0.05) is 170 Å². The third kappa shape index (κ3) is 8.96. The summed E-state index contributed by atoms with van der Waals surface area (Å²) in [7, 11) is 6.27. The summed E-state index contributed by atoms with van der Waals surface area (Å²) in [6.07, 6.45) is 0. The fourth-order valence-electron chi connectivity index (χ4n) is 15.6. The molecular weight excluding hydrogens is 1190 g/mol. The van der Waals surface area contributed by atoms with E-state index in [2.05, 4.69) is 307 Å². The van der Waals surface area contributed by atoms with E-state index >= 15 is 0 Å². The molecule has 5 heterocycles. The Kier molecular flexibility index (Phi) is 13.2. The van der Waals surface area contributed by atoms with E-state index < -0.39 is 0 Å². The molecule has 0 amide bonds. The number of hydrogen-bond donors (Lipinski definition) is 0. The van der Waals surface area contributed by atoms with Crippen molar-refractivity contribution in [1.29, 1.82) is 0 Å². The second kappa shape index (κ2) is 22.6.